The monoisotopic (exact) mass is 484 g/mol. The fraction of sp³-hybridized carbons (Fsp3) is 0.286. The van der Waals surface area contributed by atoms with Gasteiger partial charge in [0.1, 0.15) is 0 Å². The summed E-state index contributed by atoms with van der Waals surface area (Å²) >= 11 is 0. The second-order valence-corrected chi connectivity index (χ2v) is 8.86. The Morgan fingerprint density at radius 1 is 1.03 bits per heavy atom. The van der Waals surface area contributed by atoms with Crippen molar-refractivity contribution < 1.29 is 9.59 Å². The van der Waals surface area contributed by atoms with Gasteiger partial charge in [-0.1, -0.05) is 42.8 Å². The smallest absolute Gasteiger partial charge is 0.253 e. The summed E-state index contributed by atoms with van der Waals surface area (Å²) in [4.78, 5) is 30.8. The number of amides is 2. The Balaban J connectivity index is 1.17. The predicted octanol–water partition coefficient (Wildman–Crippen LogP) is 4.79. The van der Waals surface area contributed by atoms with E-state index < -0.39 is 0 Å². The number of aryl methyl sites for hydroxylation is 2. The molecule has 0 atom stereocenters. The number of hydrogen-bond acceptors (Lipinski definition) is 4. The second kappa shape index (κ2) is 12.5. The van der Waals surface area contributed by atoms with Crippen molar-refractivity contribution in [2.24, 2.45) is 0 Å². The molecule has 0 spiro atoms. The number of imidazole rings is 1. The molecule has 8 heteroatoms. The fourth-order valence-corrected chi connectivity index (χ4v) is 4.01. The molecule has 2 heterocycles. The molecule has 36 heavy (non-hydrogen) atoms. The number of aromatic amines is 1. The van der Waals surface area contributed by atoms with Crippen LogP contribution in [0.2, 0.25) is 0 Å². The normalized spacial score (nSPS) is 10.8. The first-order valence-corrected chi connectivity index (χ1v) is 12.3. The first kappa shape index (κ1) is 24.9. The minimum Gasteiger partial charge on any atom is -0.342 e. The van der Waals surface area contributed by atoms with Gasteiger partial charge in [-0.2, -0.15) is 5.10 Å². The van der Waals surface area contributed by atoms with E-state index in [-0.39, 0.29) is 11.8 Å². The molecule has 0 radical (unpaired) electrons. The average molecular weight is 485 g/mol. The highest BCUT2D eigenvalue weighted by molar-refractivity contribution is 5.97. The number of nitrogens with one attached hydrogen (secondary N) is 2. The molecule has 186 valence electrons. The molecule has 4 rings (SSSR count). The van der Waals surface area contributed by atoms with E-state index in [2.05, 4.69) is 38.7 Å². The molecule has 0 fully saturated rings. The molecule has 2 aromatic carbocycles. The third-order valence-electron chi connectivity index (χ3n) is 6.04. The van der Waals surface area contributed by atoms with E-state index in [1.165, 1.54) is 0 Å². The lowest BCUT2D eigenvalue weighted by molar-refractivity contribution is -0.116. The number of unbranched alkanes of at least 4 members (excludes halogenated alkanes) is 2. The van der Waals surface area contributed by atoms with E-state index in [4.69, 9.17) is 0 Å². The van der Waals surface area contributed by atoms with Gasteiger partial charge in [-0.25, -0.2) is 4.98 Å². The SMILES string of the molecule is CN(CCCCCc1cc(-c2ccccc2)n[nH]1)C(=O)c1cccc(NC(=O)CCn2ccnc2)c1. The van der Waals surface area contributed by atoms with Crippen LogP contribution < -0.4 is 5.32 Å². The number of nitrogens with zero attached hydrogens (tertiary/aromatic N) is 4. The molecule has 0 aliphatic rings. The van der Waals surface area contributed by atoms with Crippen LogP contribution in [0.1, 0.15) is 41.7 Å². The Morgan fingerprint density at radius 2 is 1.89 bits per heavy atom. The van der Waals surface area contributed by atoms with Crippen molar-refractivity contribution in [3.05, 3.63) is 90.6 Å². The lowest BCUT2D eigenvalue weighted by Crippen LogP contribution is -2.27. The Kier molecular flexibility index (Phi) is 8.64. The number of aromatic nitrogens is 4. The van der Waals surface area contributed by atoms with E-state index in [1.54, 1.807) is 41.7 Å². The van der Waals surface area contributed by atoms with Gasteiger partial charge in [-0.15, -0.1) is 0 Å². The molecule has 0 saturated heterocycles. The average Bonchev–Trinajstić information content (AvgIpc) is 3.60. The number of benzene rings is 2. The van der Waals surface area contributed by atoms with Crippen molar-refractivity contribution in [2.75, 3.05) is 18.9 Å². The van der Waals surface area contributed by atoms with E-state index >= 15 is 0 Å². The molecule has 0 saturated carbocycles. The maximum Gasteiger partial charge on any atom is 0.253 e. The number of rotatable bonds is 12. The topological polar surface area (TPSA) is 95.9 Å². The maximum absolute atomic E-state index is 12.9. The lowest BCUT2D eigenvalue weighted by atomic mass is 10.1. The number of anilines is 1. The molecule has 2 N–H and O–H groups in total. The van der Waals surface area contributed by atoms with Crippen LogP contribution in [-0.2, 0) is 17.8 Å². The maximum atomic E-state index is 12.9. The van der Waals surface area contributed by atoms with Crippen LogP contribution in [0.4, 0.5) is 5.69 Å². The summed E-state index contributed by atoms with van der Waals surface area (Å²) in [6.07, 6.45) is 9.42. The summed E-state index contributed by atoms with van der Waals surface area (Å²) in [5, 5.41) is 10.4. The van der Waals surface area contributed by atoms with E-state index in [0.717, 1.165) is 42.6 Å². The summed E-state index contributed by atoms with van der Waals surface area (Å²) in [5.74, 6) is -0.152. The molecule has 4 aromatic rings. The van der Waals surface area contributed by atoms with Crippen LogP contribution in [0.5, 0.6) is 0 Å². The highest BCUT2D eigenvalue weighted by Gasteiger charge is 2.13. The molecule has 8 nitrogen and oxygen atoms in total. The van der Waals surface area contributed by atoms with Crippen LogP contribution in [0, 0.1) is 0 Å². The number of carbonyl (C=O) groups is 2. The minimum atomic E-state index is -0.102. The zero-order valence-corrected chi connectivity index (χ0v) is 20.6. The van der Waals surface area contributed by atoms with Gasteiger partial charge in [0.15, 0.2) is 0 Å². The quantitative estimate of drug-likeness (QED) is 0.283. The van der Waals surface area contributed by atoms with E-state index in [9.17, 15) is 9.59 Å². The van der Waals surface area contributed by atoms with Gasteiger partial charge in [0.2, 0.25) is 5.91 Å². The van der Waals surface area contributed by atoms with Crippen LogP contribution in [0.25, 0.3) is 11.3 Å². The standard InChI is InChI=1S/C28H32N6O2/c1-33(16-7-3-6-12-25-20-26(32-31-25)22-9-4-2-5-10-22)28(36)23-11-8-13-24(19-23)30-27(35)14-17-34-18-15-29-21-34/h2,4-5,8-11,13,15,18-21H,3,6-7,12,14,16-17H2,1H3,(H,30,35)(H,31,32). The molecule has 0 aliphatic carbocycles. The van der Waals surface area contributed by atoms with Gasteiger partial charge in [0, 0.05) is 61.5 Å². The highest BCUT2D eigenvalue weighted by Crippen LogP contribution is 2.18. The lowest BCUT2D eigenvalue weighted by Gasteiger charge is -2.17. The van der Waals surface area contributed by atoms with Crippen molar-refractivity contribution in [2.45, 2.75) is 38.6 Å². The molecule has 0 aliphatic heterocycles. The van der Waals surface area contributed by atoms with Crippen molar-refractivity contribution in [3.8, 4) is 11.3 Å². The van der Waals surface area contributed by atoms with Crippen LogP contribution in [-0.4, -0.2) is 50.1 Å². The van der Waals surface area contributed by atoms with Crippen LogP contribution >= 0.6 is 0 Å². The molecule has 0 bridgehead atoms. The van der Waals surface area contributed by atoms with Crippen molar-refractivity contribution in [1.82, 2.24) is 24.6 Å². The van der Waals surface area contributed by atoms with E-state index in [0.29, 0.717) is 30.8 Å². The summed E-state index contributed by atoms with van der Waals surface area (Å²) in [7, 11) is 1.82. The molecular formula is C28H32N6O2. The summed E-state index contributed by atoms with van der Waals surface area (Å²) < 4.78 is 1.85. The molecular weight excluding hydrogens is 452 g/mol. The van der Waals surface area contributed by atoms with Gasteiger partial charge in [-0.3, -0.25) is 14.7 Å². The zero-order valence-electron chi connectivity index (χ0n) is 20.6. The minimum absolute atomic E-state index is 0.0504. The van der Waals surface area contributed by atoms with Gasteiger partial charge < -0.3 is 14.8 Å². The highest BCUT2D eigenvalue weighted by atomic mass is 16.2. The number of hydrogen-bond donors (Lipinski definition) is 2. The summed E-state index contributed by atoms with van der Waals surface area (Å²) in [6, 6.07) is 19.3. The second-order valence-electron chi connectivity index (χ2n) is 8.86. The van der Waals surface area contributed by atoms with Gasteiger partial charge in [-0.05, 0) is 43.5 Å². The Hall–Kier alpha value is -4.20. The Labute approximate surface area is 211 Å². The van der Waals surface area contributed by atoms with Crippen LogP contribution in [0.15, 0.2) is 79.4 Å². The Morgan fingerprint density at radius 3 is 2.69 bits per heavy atom. The van der Waals surface area contributed by atoms with Crippen molar-refractivity contribution >= 4 is 17.5 Å². The van der Waals surface area contributed by atoms with Crippen molar-refractivity contribution in [3.63, 3.8) is 0 Å². The molecule has 0 unspecified atom stereocenters. The third-order valence-corrected chi connectivity index (χ3v) is 6.04. The van der Waals surface area contributed by atoms with Crippen molar-refractivity contribution in [1.29, 1.82) is 0 Å². The zero-order chi connectivity index (χ0) is 25.2. The van der Waals surface area contributed by atoms with E-state index in [1.807, 2.05) is 36.0 Å². The fourth-order valence-electron chi connectivity index (χ4n) is 4.01. The molecule has 2 amide bonds. The largest absolute Gasteiger partial charge is 0.342 e. The first-order valence-electron chi connectivity index (χ1n) is 12.3. The Bertz CT molecular complexity index is 1250. The van der Waals surface area contributed by atoms with Gasteiger partial charge >= 0.3 is 0 Å². The third kappa shape index (κ3) is 7.15. The number of carbonyl (C=O) groups excluding carboxylic acids is 2. The molecule has 2 aromatic heterocycles. The van der Waals surface area contributed by atoms with Gasteiger partial charge in [0.25, 0.3) is 5.91 Å². The van der Waals surface area contributed by atoms with Crippen LogP contribution in [0.3, 0.4) is 0 Å². The van der Waals surface area contributed by atoms with Gasteiger partial charge in [0.05, 0.1) is 12.0 Å². The number of H-pyrrole nitrogens is 1. The summed E-state index contributed by atoms with van der Waals surface area (Å²) in [6.45, 7) is 1.24. The first-order chi connectivity index (χ1) is 17.6. The predicted molar refractivity (Wildman–Crippen MR) is 140 cm³/mol. The summed E-state index contributed by atoms with van der Waals surface area (Å²) in [5.41, 5.74) is 4.39.